The van der Waals surface area contributed by atoms with Crippen molar-refractivity contribution in [1.29, 1.82) is 0 Å². The zero-order valence-corrected chi connectivity index (χ0v) is 12.5. The van der Waals surface area contributed by atoms with Gasteiger partial charge in [0.05, 0.1) is 11.3 Å². The van der Waals surface area contributed by atoms with Gasteiger partial charge in [0, 0.05) is 11.8 Å². The van der Waals surface area contributed by atoms with Gasteiger partial charge in [-0.15, -0.1) is 0 Å². The summed E-state index contributed by atoms with van der Waals surface area (Å²) in [6.45, 7) is 0. The van der Waals surface area contributed by atoms with Crippen LogP contribution in [0.1, 0.15) is 10.4 Å². The van der Waals surface area contributed by atoms with Gasteiger partial charge in [0.25, 0.3) is 0 Å². The molecule has 0 unspecified atom stereocenters. The van der Waals surface area contributed by atoms with Crippen LogP contribution in [0.15, 0.2) is 54.3 Å². The van der Waals surface area contributed by atoms with Gasteiger partial charge in [-0.3, -0.25) is 4.79 Å². The van der Waals surface area contributed by atoms with Crippen molar-refractivity contribution in [2.24, 2.45) is 0 Å². The third-order valence-electron chi connectivity index (χ3n) is 2.55. The van der Waals surface area contributed by atoms with Crippen LogP contribution in [-0.2, 0) is 25.1 Å². The summed E-state index contributed by atoms with van der Waals surface area (Å²) in [7, 11) is 0. The summed E-state index contributed by atoms with van der Waals surface area (Å²) < 4.78 is 15.7. The Hall–Kier alpha value is -2.48. The number of ketones is 1. The fourth-order valence-electron chi connectivity index (χ4n) is 1.54. The number of hydrogen-bond donors (Lipinski definition) is 4. The predicted molar refractivity (Wildman–Crippen MR) is 73.0 cm³/mol. The molecule has 7 nitrogen and oxygen atoms in total. The van der Waals surface area contributed by atoms with Crippen LogP contribution >= 0.6 is 0 Å². The molecule has 1 aromatic carbocycles. The van der Waals surface area contributed by atoms with E-state index < -0.39 is 22.6 Å². The number of carbonyl (C=O) groups excluding carboxylic acids is 1. The molecule has 0 spiro atoms. The number of carbonyl (C=O) groups is 2. The molecule has 114 valence electrons. The summed E-state index contributed by atoms with van der Waals surface area (Å²) >= 11 is -1.56. The van der Waals surface area contributed by atoms with E-state index in [0.29, 0.717) is 5.57 Å². The average molecular weight is 341 g/mol. The number of allylic oxidation sites excluding steroid dienone is 5. The summed E-state index contributed by atoms with van der Waals surface area (Å²) in [4.78, 5) is 22.3. The van der Waals surface area contributed by atoms with E-state index in [1.54, 1.807) is 18.2 Å². The molecule has 1 aromatic rings. The van der Waals surface area contributed by atoms with Crippen molar-refractivity contribution in [1.82, 2.24) is 0 Å². The summed E-state index contributed by atoms with van der Waals surface area (Å²) in [5.41, 5.74) is 0.690. The molecule has 1 aliphatic carbocycles. The second-order valence-electron chi connectivity index (χ2n) is 3.95. The molecule has 0 bridgehead atoms. The van der Waals surface area contributed by atoms with Crippen molar-refractivity contribution < 1.29 is 44.1 Å². The molecule has 0 aliphatic heterocycles. The average Bonchev–Trinajstić information content (AvgIpc) is 2.48. The van der Waals surface area contributed by atoms with E-state index in [2.05, 4.69) is 5.32 Å². The number of rotatable bonds is 3. The number of benzene rings is 1. The first-order valence-electron chi connectivity index (χ1n) is 5.88. The molecule has 8 heteroatoms. The first kappa shape index (κ1) is 17.6. The molecule has 0 amide bonds. The van der Waals surface area contributed by atoms with E-state index >= 15 is 0 Å². The normalized spacial score (nSPS) is 14.2. The number of aromatic carboxylic acids is 1. The van der Waals surface area contributed by atoms with Crippen LogP contribution in [0.2, 0.25) is 0 Å². The van der Waals surface area contributed by atoms with Crippen molar-refractivity contribution in [3.63, 3.8) is 0 Å². The fraction of sp³-hybridized carbons (Fsp3) is 0. The number of carboxylic acids is 1. The predicted octanol–water partition coefficient (Wildman–Crippen LogP) is 1.40. The van der Waals surface area contributed by atoms with E-state index in [-0.39, 0.29) is 22.8 Å². The van der Waals surface area contributed by atoms with Crippen molar-refractivity contribution in [3.8, 4) is 5.75 Å². The molecular formula is C14H12NO6V. The number of anilines is 1. The van der Waals surface area contributed by atoms with Gasteiger partial charge < -0.3 is 15.5 Å². The first-order valence-corrected chi connectivity index (χ1v) is 7.08. The molecule has 22 heavy (non-hydrogen) atoms. The standard InChI is InChI=1S/C14H11NO4.H2O.O.V/c16-12-4-2-1-3-10(12)8-15-11-7-9(14(18)19)5-6-13(11)17;;;/h1-8,15,17H,(H,18,19);1H2;;/q;;;+1/p-1/b10-8-;;;. The molecule has 0 radical (unpaired) electrons. The Kier molecular flexibility index (Phi) is 6.98. The summed E-state index contributed by atoms with van der Waals surface area (Å²) in [6.07, 6.45) is 7.79. The van der Waals surface area contributed by atoms with E-state index in [1.807, 2.05) is 0 Å². The van der Waals surface area contributed by atoms with Gasteiger partial charge >= 0.3 is 30.3 Å². The molecule has 0 atom stereocenters. The topological polar surface area (TPSA) is 124 Å². The quantitative estimate of drug-likeness (QED) is 0.484. The van der Waals surface area contributed by atoms with Gasteiger partial charge in [-0.25, -0.2) is 4.79 Å². The van der Waals surface area contributed by atoms with Gasteiger partial charge in [0.1, 0.15) is 5.75 Å². The number of nitrogens with one attached hydrogen (secondary N) is 1. The van der Waals surface area contributed by atoms with Crippen LogP contribution in [0.4, 0.5) is 5.69 Å². The molecule has 0 aromatic heterocycles. The molecule has 4 N–H and O–H groups in total. The Morgan fingerprint density at radius 1 is 1.23 bits per heavy atom. The molecular weight excluding hydrogens is 329 g/mol. The zero-order valence-electron chi connectivity index (χ0n) is 11.1. The Balaban J connectivity index is 0.000000745. The number of phenols is 1. The number of aromatic hydroxyl groups is 1. The summed E-state index contributed by atoms with van der Waals surface area (Å²) in [5.74, 6) is -1.35. The number of phenolic OH excluding ortho intramolecular Hbond substituents is 1. The maximum absolute atomic E-state index is 11.5. The Labute approximate surface area is 132 Å². The van der Waals surface area contributed by atoms with Crippen LogP contribution < -0.4 is 5.32 Å². The van der Waals surface area contributed by atoms with Crippen LogP contribution in [0.5, 0.6) is 5.75 Å². The number of hydrogen-bond acceptors (Lipinski definition) is 5. The van der Waals surface area contributed by atoms with Gasteiger partial charge in [-0.05, 0) is 30.4 Å². The van der Waals surface area contributed by atoms with E-state index in [4.69, 9.17) is 12.8 Å². The van der Waals surface area contributed by atoms with Crippen molar-refractivity contribution in [3.05, 3.63) is 59.8 Å². The third kappa shape index (κ3) is 5.14. The SMILES string of the molecule is O=C1C=CC=C/C1=C/Nc1cc(C(=O)O)ccc1O.[O]=[V][OH]. The van der Waals surface area contributed by atoms with Crippen molar-refractivity contribution in [2.75, 3.05) is 5.32 Å². The Bertz CT molecular complexity index is 678. The van der Waals surface area contributed by atoms with Crippen LogP contribution in [0, 0.1) is 0 Å². The Morgan fingerprint density at radius 2 is 1.86 bits per heavy atom. The van der Waals surface area contributed by atoms with Crippen molar-refractivity contribution >= 4 is 17.4 Å². The monoisotopic (exact) mass is 341 g/mol. The summed E-state index contributed by atoms with van der Waals surface area (Å²) in [6, 6.07) is 3.87. The van der Waals surface area contributed by atoms with Gasteiger partial charge in [0.2, 0.25) is 0 Å². The maximum atomic E-state index is 11.5. The van der Waals surface area contributed by atoms with Crippen LogP contribution in [0.25, 0.3) is 0 Å². The molecule has 0 heterocycles. The minimum absolute atomic E-state index is 0.0455. The second-order valence-corrected chi connectivity index (χ2v) is 4.20. The molecule has 0 saturated heterocycles. The Morgan fingerprint density at radius 3 is 2.45 bits per heavy atom. The molecule has 0 fully saturated rings. The second kappa shape index (κ2) is 8.73. The van der Waals surface area contributed by atoms with E-state index in [1.165, 1.54) is 30.5 Å². The van der Waals surface area contributed by atoms with Gasteiger partial charge in [-0.2, -0.15) is 0 Å². The van der Waals surface area contributed by atoms with Crippen molar-refractivity contribution in [2.45, 2.75) is 0 Å². The van der Waals surface area contributed by atoms with E-state index in [0.717, 1.165) is 0 Å². The van der Waals surface area contributed by atoms with Gasteiger partial charge in [-0.1, -0.05) is 12.2 Å². The number of carboxylic acid groups (broad SMARTS) is 1. The molecule has 0 saturated carbocycles. The molecule has 1 aliphatic rings. The molecule has 2 rings (SSSR count). The first-order chi connectivity index (χ1) is 10.5. The minimum atomic E-state index is -1.56. The van der Waals surface area contributed by atoms with Crippen LogP contribution in [-0.4, -0.2) is 26.0 Å². The fourth-order valence-corrected chi connectivity index (χ4v) is 1.54. The van der Waals surface area contributed by atoms with E-state index in [9.17, 15) is 14.7 Å². The summed E-state index contributed by atoms with van der Waals surface area (Å²) in [5, 5.41) is 21.2. The van der Waals surface area contributed by atoms with Gasteiger partial charge in [0.15, 0.2) is 5.78 Å². The van der Waals surface area contributed by atoms with Crippen LogP contribution in [0.3, 0.4) is 0 Å². The zero-order chi connectivity index (χ0) is 16.5. The third-order valence-corrected chi connectivity index (χ3v) is 2.55.